The molecule has 1 N–H and O–H groups in total. The molecule has 3 aromatic rings. The van der Waals surface area contributed by atoms with Gasteiger partial charge in [-0.25, -0.2) is 9.97 Å². The van der Waals surface area contributed by atoms with E-state index in [0.717, 1.165) is 34.1 Å². The molecule has 3 heterocycles. The SMILES string of the molecule is Cc1cc(-c2nc3nc(N(C)C)ccc3[nH]2)c(C)nn1. The summed E-state index contributed by atoms with van der Waals surface area (Å²) in [6, 6.07) is 5.94. The molecule has 6 nitrogen and oxygen atoms in total. The first-order chi connectivity index (χ1) is 9.54. The number of aromatic amines is 1. The van der Waals surface area contributed by atoms with Gasteiger partial charge in [0.05, 0.1) is 16.9 Å². The molecule has 0 radical (unpaired) electrons. The predicted molar refractivity (Wildman–Crippen MR) is 78.7 cm³/mol. The molecule has 102 valence electrons. The fraction of sp³-hybridized carbons (Fsp3) is 0.286. The first kappa shape index (κ1) is 12.5. The van der Waals surface area contributed by atoms with Crippen LogP contribution in [0.4, 0.5) is 5.82 Å². The molecular formula is C14H16N6. The normalized spacial score (nSPS) is 11.0. The third-order valence-corrected chi connectivity index (χ3v) is 3.15. The van der Waals surface area contributed by atoms with E-state index in [9.17, 15) is 0 Å². The van der Waals surface area contributed by atoms with E-state index in [4.69, 9.17) is 0 Å². The number of anilines is 1. The fourth-order valence-corrected chi connectivity index (χ4v) is 2.05. The van der Waals surface area contributed by atoms with Gasteiger partial charge in [0.1, 0.15) is 11.6 Å². The number of rotatable bonds is 2. The van der Waals surface area contributed by atoms with Gasteiger partial charge < -0.3 is 9.88 Å². The number of fused-ring (bicyclic) bond motifs is 1. The quantitative estimate of drug-likeness (QED) is 0.770. The Bertz CT molecular complexity index is 774. The average molecular weight is 268 g/mol. The number of nitrogens with one attached hydrogen (secondary N) is 1. The minimum absolute atomic E-state index is 0.708. The molecule has 0 aliphatic heterocycles. The summed E-state index contributed by atoms with van der Waals surface area (Å²) in [7, 11) is 3.92. The second kappa shape index (κ2) is 4.56. The van der Waals surface area contributed by atoms with Gasteiger partial charge in [0, 0.05) is 19.7 Å². The molecule has 6 heteroatoms. The van der Waals surface area contributed by atoms with Crippen LogP contribution >= 0.6 is 0 Å². The Kier molecular flexibility index (Phi) is 2.85. The highest BCUT2D eigenvalue weighted by Gasteiger charge is 2.11. The van der Waals surface area contributed by atoms with Gasteiger partial charge in [-0.3, -0.25) is 0 Å². The lowest BCUT2D eigenvalue weighted by Crippen LogP contribution is -2.10. The van der Waals surface area contributed by atoms with Gasteiger partial charge in [0.2, 0.25) is 0 Å². The number of hydrogen-bond donors (Lipinski definition) is 1. The van der Waals surface area contributed by atoms with E-state index in [2.05, 4.69) is 25.1 Å². The van der Waals surface area contributed by atoms with Crippen molar-refractivity contribution in [2.45, 2.75) is 13.8 Å². The molecule has 0 fully saturated rings. The summed E-state index contributed by atoms with van der Waals surface area (Å²) in [5, 5.41) is 8.17. The second-order valence-electron chi connectivity index (χ2n) is 5.01. The zero-order chi connectivity index (χ0) is 14.3. The minimum atomic E-state index is 0.708. The van der Waals surface area contributed by atoms with Crippen molar-refractivity contribution >= 4 is 17.0 Å². The molecular weight excluding hydrogens is 252 g/mol. The number of hydrogen-bond acceptors (Lipinski definition) is 5. The van der Waals surface area contributed by atoms with E-state index in [1.807, 2.05) is 51.0 Å². The number of pyridine rings is 1. The summed E-state index contributed by atoms with van der Waals surface area (Å²) in [6.45, 7) is 3.84. The van der Waals surface area contributed by atoms with Crippen molar-refractivity contribution in [1.82, 2.24) is 25.1 Å². The van der Waals surface area contributed by atoms with Crippen LogP contribution in [0.3, 0.4) is 0 Å². The zero-order valence-electron chi connectivity index (χ0n) is 12.0. The Morgan fingerprint density at radius 2 is 1.85 bits per heavy atom. The van der Waals surface area contributed by atoms with Crippen LogP contribution < -0.4 is 4.90 Å². The maximum atomic E-state index is 4.57. The van der Waals surface area contributed by atoms with Gasteiger partial charge in [-0.05, 0) is 32.0 Å². The van der Waals surface area contributed by atoms with Gasteiger partial charge in [-0.15, -0.1) is 0 Å². The lowest BCUT2D eigenvalue weighted by Gasteiger charge is -2.09. The minimum Gasteiger partial charge on any atom is -0.363 e. The molecule has 3 aromatic heterocycles. The van der Waals surface area contributed by atoms with E-state index in [1.165, 1.54) is 0 Å². The molecule has 3 rings (SSSR count). The van der Waals surface area contributed by atoms with E-state index >= 15 is 0 Å². The van der Waals surface area contributed by atoms with Crippen LogP contribution in [0, 0.1) is 13.8 Å². The molecule has 0 bridgehead atoms. The summed E-state index contributed by atoms with van der Waals surface area (Å²) < 4.78 is 0. The topological polar surface area (TPSA) is 70.6 Å². The Morgan fingerprint density at radius 3 is 2.60 bits per heavy atom. The molecule has 0 spiro atoms. The Balaban J connectivity index is 2.15. The third kappa shape index (κ3) is 2.09. The first-order valence-electron chi connectivity index (χ1n) is 6.40. The standard InChI is InChI=1S/C14H16N6/c1-8-7-10(9(2)19-18-8)13-15-11-5-6-12(20(3)4)16-14(11)17-13/h5-7H,1-4H3,(H,15,16,17). The molecule has 0 atom stereocenters. The largest absolute Gasteiger partial charge is 0.363 e. The first-order valence-corrected chi connectivity index (χ1v) is 6.40. The lowest BCUT2D eigenvalue weighted by atomic mass is 10.2. The summed E-state index contributed by atoms with van der Waals surface area (Å²) in [4.78, 5) is 14.3. The fourth-order valence-electron chi connectivity index (χ4n) is 2.05. The van der Waals surface area contributed by atoms with Gasteiger partial charge in [-0.2, -0.15) is 10.2 Å². The monoisotopic (exact) mass is 268 g/mol. The molecule has 0 aliphatic carbocycles. The summed E-state index contributed by atoms with van der Waals surface area (Å²) in [5.41, 5.74) is 4.30. The van der Waals surface area contributed by atoms with Crippen LogP contribution in [0.2, 0.25) is 0 Å². The van der Waals surface area contributed by atoms with Gasteiger partial charge in [-0.1, -0.05) is 0 Å². The van der Waals surface area contributed by atoms with Gasteiger partial charge >= 0.3 is 0 Å². The van der Waals surface area contributed by atoms with Crippen LogP contribution in [0.15, 0.2) is 18.2 Å². The molecule has 0 saturated heterocycles. The number of aryl methyl sites for hydroxylation is 2. The Morgan fingerprint density at radius 1 is 1.05 bits per heavy atom. The maximum Gasteiger partial charge on any atom is 0.180 e. The van der Waals surface area contributed by atoms with Crippen molar-refractivity contribution in [3.05, 3.63) is 29.6 Å². The predicted octanol–water partition coefficient (Wildman–Crippen LogP) is 2.10. The van der Waals surface area contributed by atoms with Crippen LogP contribution in [0.1, 0.15) is 11.4 Å². The smallest absolute Gasteiger partial charge is 0.180 e. The summed E-state index contributed by atoms with van der Waals surface area (Å²) in [6.07, 6.45) is 0. The van der Waals surface area contributed by atoms with Crippen molar-refractivity contribution in [3.8, 4) is 11.4 Å². The second-order valence-corrected chi connectivity index (χ2v) is 5.01. The van der Waals surface area contributed by atoms with Crippen LogP contribution in [-0.2, 0) is 0 Å². The molecule has 20 heavy (non-hydrogen) atoms. The van der Waals surface area contributed by atoms with Crippen molar-refractivity contribution in [3.63, 3.8) is 0 Å². The Hall–Kier alpha value is -2.50. The van der Waals surface area contributed by atoms with Crippen LogP contribution in [0.25, 0.3) is 22.6 Å². The molecule has 0 unspecified atom stereocenters. The number of nitrogens with zero attached hydrogens (tertiary/aromatic N) is 5. The highest BCUT2D eigenvalue weighted by atomic mass is 15.2. The van der Waals surface area contributed by atoms with Crippen molar-refractivity contribution in [2.24, 2.45) is 0 Å². The van der Waals surface area contributed by atoms with E-state index in [-0.39, 0.29) is 0 Å². The highest BCUT2D eigenvalue weighted by Crippen LogP contribution is 2.23. The van der Waals surface area contributed by atoms with E-state index in [0.29, 0.717) is 5.65 Å². The summed E-state index contributed by atoms with van der Waals surface area (Å²) in [5.74, 6) is 1.66. The maximum absolute atomic E-state index is 4.57. The average Bonchev–Trinajstić information content (AvgIpc) is 2.83. The number of aromatic nitrogens is 5. The molecule has 0 aliphatic rings. The van der Waals surface area contributed by atoms with Gasteiger partial charge in [0.25, 0.3) is 0 Å². The van der Waals surface area contributed by atoms with Crippen molar-refractivity contribution < 1.29 is 0 Å². The van der Waals surface area contributed by atoms with Gasteiger partial charge in [0.15, 0.2) is 5.65 Å². The van der Waals surface area contributed by atoms with Crippen LogP contribution in [-0.4, -0.2) is 39.2 Å². The van der Waals surface area contributed by atoms with Crippen molar-refractivity contribution in [2.75, 3.05) is 19.0 Å². The Labute approximate surface area is 116 Å². The number of H-pyrrole nitrogens is 1. The van der Waals surface area contributed by atoms with E-state index < -0.39 is 0 Å². The highest BCUT2D eigenvalue weighted by molar-refractivity contribution is 5.78. The molecule has 0 saturated carbocycles. The molecule has 0 aromatic carbocycles. The number of imidazole rings is 1. The molecule has 0 amide bonds. The lowest BCUT2D eigenvalue weighted by molar-refractivity contribution is 0.940. The van der Waals surface area contributed by atoms with E-state index in [1.54, 1.807) is 0 Å². The zero-order valence-corrected chi connectivity index (χ0v) is 12.0. The summed E-state index contributed by atoms with van der Waals surface area (Å²) >= 11 is 0. The van der Waals surface area contributed by atoms with Crippen molar-refractivity contribution in [1.29, 1.82) is 0 Å². The van der Waals surface area contributed by atoms with Crippen LogP contribution in [0.5, 0.6) is 0 Å². The third-order valence-electron chi connectivity index (χ3n) is 3.15.